The minimum atomic E-state index is -0.736. The molecule has 1 saturated heterocycles. The van der Waals surface area contributed by atoms with Crippen molar-refractivity contribution < 1.29 is 29.3 Å². The van der Waals surface area contributed by atoms with E-state index in [1.807, 2.05) is 30.3 Å². The van der Waals surface area contributed by atoms with Gasteiger partial charge in [-0.05, 0) is 110 Å². The van der Waals surface area contributed by atoms with Gasteiger partial charge in [-0.2, -0.15) is 0 Å². The van der Waals surface area contributed by atoms with E-state index in [1.165, 1.54) is 0 Å². The number of benzene rings is 2. The molecule has 4 aliphatic carbocycles. The van der Waals surface area contributed by atoms with Gasteiger partial charge in [-0.15, -0.1) is 0 Å². The summed E-state index contributed by atoms with van der Waals surface area (Å²) in [5, 5.41) is 19.8. The van der Waals surface area contributed by atoms with Crippen molar-refractivity contribution in [1.29, 1.82) is 0 Å². The van der Waals surface area contributed by atoms with Crippen molar-refractivity contribution in [3.63, 3.8) is 0 Å². The van der Waals surface area contributed by atoms with Gasteiger partial charge >= 0.3 is 11.9 Å². The highest BCUT2D eigenvalue weighted by molar-refractivity contribution is 6.07. The Labute approximate surface area is 265 Å². The molecule has 0 radical (unpaired) electrons. The van der Waals surface area contributed by atoms with Crippen molar-refractivity contribution in [2.45, 2.75) is 77.6 Å². The highest BCUT2D eigenvalue weighted by Crippen LogP contribution is 2.72. The summed E-state index contributed by atoms with van der Waals surface area (Å²) >= 11 is 0. The molecule has 2 aromatic rings. The lowest BCUT2D eigenvalue weighted by Gasteiger charge is -2.56. The van der Waals surface area contributed by atoms with Crippen LogP contribution in [0, 0.1) is 23.2 Å². The zero-order valence-corrected chi connectivity index (χ0v) is 26.0. The monoisotopic (exact) mass is 606 g/mol. The number of cyclic esters (lactones) is 2. The van der Waals surface area contributed by atoms with Gasteiger partial charge in [-0.3, -0.25) is 0 Å². The molecular formula is C39H42O6. The predicted octanol–water partition coefficient (Wildman–Crippen LogP) is 8.17. The summed E-state index contributed by atoms with van der Waals surface area (Å²) in [6.45, 7) is 2.34. The summed E-state index contributed by atoms with van der Waals surface area (Å²) in [5.41, 5.74) is 5.57. The van der Waals surface area contributed by atoms with Crippen LogP contribution in [-0.2, 0) is 19.1 Å². The molecule has 234 valence electrons. The van der Waals surface area contributed by atoms with Crippen LogP contribution in [0.1, 0.15) is 83.1 Å². The van der Waals surface area contributed by atoms with Crippen molar-refractivity contribution >= 4 is 17.5 Å². The van der Waals surface area contributed by atoms with Gasteiger partial charge in [0.05, 0.1) is 11.0 Å². The molecule has 2 heterocycles. The lowest BCUT2D eigenvalue weighted by atomic mass is 9.44. The molecule has 8 rings (SSSR count). The summed E-state index contributed by atoms with van der Waals surface area (Å²) in [5.74, 6) is 0.969. The van der Waals surface area contributed by atoms with Crippen LogP contribution in [0.5, 0.6) is 5.75 Å². The zero-order valence-electron chi connectivity index (χ0n) is 26.0. The molecule has 6 nitrogen and oxygen atoms in total. The smallest absolute Gasteiger partial charge is 0.340 e. The first kappa shape index (κ1) is 29.8. The molecule has 2 fully saturated rings. The summed E-state index contributed by atoms with van der Waals surface area (Å²) < 4.78 is 12.2. The summed E-state index contributed by atoms with van der Waals surface area (Å²) in [6, 6.07) is 15.6. The van der Waals surface area contributed by atoms with Crippen LogP contribution in [0.15, 0.2) is 88.9 Å². The summed E-state index contributed by atoms with van der Waals surface area (Å²) in [4.78, 5) is 27.9. The second kappa shape index (κ2) is 12.1. The maximum Gasteiger partial charge on any atom is 0.340 e. The fourth-order valence-electron chi connectivity index (χ4n) is 9.00. The summed E-state index contributed by atoms with van der Waals surface area (Å²) in [7, 11) is 0. The van der Waals surface area contributed by atoms with Gasteiger partial charge in [0.1, 0.15) is 17.3 Å². The zero-order chi connectivity index (χ0) is 31.1. The van der Waals surface area contributed by atoms with Crippen LogP contribution in [-0.4, -0.2) is 28.8 Å². The van der Waals surface area contributed by atoms with Crippen LogP contribution in [0.3, 0.4) is 0 Å². The van der Waals surface area contributed by atoms with E-state index in [1.54, 1.807) is 6.07 Å². The topological polar surface area (TPSA) is 93.1 Å². The number of hydrogen-bond acceptors (Lipinski definition) is 6. The molecule has 2 bridgehead atoms. The third-order valence-electron chi connectivity index (χ3n) is 10.8. The first-order chi connectivity index (χ1) is 22.0. The quantitative estimate of drug-likeness (QED) is 0.209. The molecule has 4 unspecified atom stereocenters. The van der Waals surface area contributed by atoms with Gasteiger partial charge < -0.3 is 19.7 Å². The van der Waals surface area contributed by atoms with Gasteiger partial charge in [0.2, 0.25) is 0 Å². The average Bonchev–Trinajstić information content (AvgIpc) is 3.54. The van der Waals surface area contributed by atoms with Gasteiger partial charge in [0.15, 0.2) is 0 Å². The number of carbonyl (C=O) groups excluding carboxylic acids is 2. The number of aromatic hydroxyl groups is 1. The number of aliphatic hydroxyl groups is 1. The van der Waals surface area contributed by atoms with E-state index in [2.05, 4.69) is 31.2 Å². The summed E-state index contributed by atoms with van der Waals surface area (Å²) in [6.07, 6.45) is 13.8. The predicted molar refractivity (Wildman–Crippen MR) is 172 cm³/mol. The molecule has 2 aromatic carbocycles. The minimum absolute atomic E-state index is 0.0515. The maximum absolute atomic E-state index is 14.1. The van der Waals surface area contributed by atoms with Crippen molar-refractivity contribution in [3.05, 3.63) is 94.5 Å². The van der Waals surface area contributed by atoms with Gasteiger partial charge in [0.25, 0.3) is 0 Å². The fraction of sp³-hybridized carbons (Fsp3) is 0.436. The Kier molecular flexibility index (Phi) is 8.03. The molecule has 2 N–H and O–H groups in total. The van der Waals surface area contributed by atoms with Crippen LogP contribution in [0.4, 0.5) is 0 Å². The van der Waals surface area contributed by atoms with Crippen molar-refractivity contribution in [3.8, 4) is 16.9 Å². The van der Waals surface area contributed by atoms with E-state index in [0.29, 0.717) is 17.1 Å². The molecule has 2 aliphatic heterocycles. The number of carbonyl (C=O) groups is 2. The van der Waals surface area contributed by atoms with Crippen molar-refractivity contribution in [2.24, 2.45) is 23.2 Å². The van der Waals surface area contributed by atoms with E-state index in [0.717, 1.165) is 104 Å². The van der Waals surface area contributed by atoms with Crippen LogP contribution in [0.25, 0.3) is 16.7 Å². The SMILES string of the molecule is CCCC=C1OC(=O)C2=C(c3cc(O)ccc3-c3ccccc3)C3CCC12C1C2=C(CCC31)C(=CCCCCCCO)OC2=O. The Hall–Kier alpha value is -3.90. The normalized spacial score (nSPS) is 28.4. The molecule has 6 aliphatic rings. The Morgan fingerprint density at radius 3 is 2.51 bits per heavy atom. The molecular weight excluding hydrogens is 564 g/mol. The largest absolute Gasteiger partial charge is 0.508 e. The van der Waals surface area contributed by atoms with Crippen molar-refractivity contribution in [1.82, 2.24) is 0 Å². The molecule has 45 heavy (non-hydrogen) atoms. The second-order valence-electron chi connectivity index (χ2n) is 13.2. The van der Waals surface area contributed by atoms with Crippen LogP contribution in [0.2, 0.25) is 0 Å². The van der Waals surface area contributed by atoms with Gasteiger partial charge in [0, 0.05) is 23.7 Å². The Morgan fingerprint density at radius 1 is 0.889 bits per heavy atom. The highest BCUT2D eigenvalue weighted by Gasteiger charge is 2.68. The average molecular weight is 607 g/mol. The van der Waals surface area contributed by atoms with Gasteiger partial charge in [-0.1, -0.05) is 62.6 Å². The number of hydrogen-bond donors (Lipinski definition) is 2. The Bertz CT molecular complexity index is 1640. The number of allylic oxidation sites excluding steroid dienone is 5. The fourth-order valence-corrected chi connectivity index (χ4v) is 9.00. The Morgan fingerprint density at radius 2 is 1.71 bits per heavy atom. The lowest BCUT2D eigenvalue weighted by molar-refractivity contribution is -0.135. The maximum atomic E-state index is 14.1. The number of phenolic OH excluding ortho intramolecular Hbond substituents is 1. The Balaban J connectivity index is 1.39. The highest BCUT2D eigenvalue weighted by atomic mass is 16.5. The molecule has 1 spiro atoms. The second-order valence-corrected chi connectivity index (χ2v) is 13.2. The number of ether oxygens (including phenoxy) is 2. The minimum Gasteiger partial charge on any atom is -0.508 e. The number of aliphatic hydroxyl groups excluding tert-OH is 1. The van der Waals surface area contributed by atoms with E-state index < -0.39 is 5.41 Å². The van der Waals surface area contributed by atoms with E-state index in [-0.39, 0.29) is 42.0 Å². The third-order valence-corrected chi connectivity index (χ3v) is 10.8. The standard InChI is InChI=1S/C39H42O6/c1-2-3-15-32-39-21-20-27(28-18-19-29-31(14-10-5-4-6-11-22-40)44-37(42)34(29)35(28)39)33(36(39)38(43)45-32)30-23-25(41)16-17-26(30)24-12-8-7-9-13-24/h7-9,12-17,23,27-28,35,40-41H,2-6,10-11,18-22H2,1H3. The van der Waals surface area contributed by atoms with Crippen molar-refractivity contribution in [2.75, 3.05) is 6.61 Å². The van der Waals surface area contributed by atoms with E-state index in [4.69, 9.17) is 14.6 Å². The van der Waals surface area contributed by atoms with Crippen LogP contribution < -0.4 is 0 Å². The van der Waals surface area contributed by atoms with Crippen LogP contribution >= 0.6 is 0 Å². The molecule has 0 aromatic heterocycles. The van der Waals surface area contributed by atoms with E-state index >= 15 is 0 Å². The van der Waals surface area contributed by atoms with E-state index in [9.17, 15) is 14.7 Å². The third kappa shape index (κ3) is 4.80. The lowest BCUT2D eigenvalue weighted by Crippen LogP contribution is -2.52. The number of fused-ring (bicyclic) bond motifs is 1. The van der Waals surface area contributed by atoms with Gasteiger partial charge in [-0.25, -0.2) is 9.59 Å². The molecule has 0 amide bonds. The first-order valence-corrected chi connectivity index (χ1v) is 16.8. The number of unbranched alkanes of at least 4 members (excludes halogenated alkanes) is 5. The molecule has 1 saturated carbocycles. The molecule has 6 heteroatoms. The number of rotatable bonds is 10. The first-order valence-electron chi connectivity index (χ1n) is 16.8. The molecule has 4 atom stereocenters. The number of phenols is 1. The number of esters is 2.